The van der Waals surface area contributed by atoms with E-state index in [0.29, 0.717) is 39.2 Å². The van der Waals surface area contributed by atoms with Gasteiger partial charge in [-0.05, 0) is 36.1 Å². The second kappa shape index (κ2) is 7.68. The number of carbonyl (C=O) groups is 2. The minimum Gasteiger partial charge on any atom is -0.493 e. The quantitative estimate of drug-likeness (QED) is 0.833. The van der Waals surface area contributed by atoms with Gasteiger partial charge in [0.1, 0.15) is 5.75 Å². The normalized spacial score (nSPS) is 20.2. The first-order valence-corrected chi connectivity index (χ1v) is 10.0. The highest BCUT2D eigenvalue weighted by Gasteiger charge is 2.26. The van der Waals surface area contributed by atoms with Crippen molar-refractivity contribution in [3.63, 3.8) is 0 Å². The topological polar surface area (TPSA) is 49.9 Å². The summed E-state index contributed by atoms with van der Waals surface area (Å²) in [6, 6.07) is 5.72. The van der Waals surface area contributed by atoms with Gasteiger partial charge in [0.15, 0.2) is 0 Å². The number of benzene rings is 1. The highest BCUT2D eigenvalue weighted by atomic mass is 16.5. The van der Waals surface area contributed by atoms with Gasteiger partial charge in [-0.25, -0.2) is 0 Å². The fourth-order valence-corrected chi connectivity index (χ4v) is 4.45. The smallest absolute Gasteiger partial charge is 0.253 e. The lowest BCUT2D eigenvalue weighted by atomic mass is 10.0. The van der Waals surface area contributed by atoms with E-state index in [-0.39, 0.29) is 11.8 Å². The number of hydrogen-bond donors (Lipinski definition) is 0. The van der Waals surface area contributed by atoms with Gasteiger partial charge in [0.25, 0.3) is 5.91 Å². The van der Waals surface area contributed by atoms with Gasteiger partial charge >= 0.3 is 0 Å². The Hall–Kier alpha value is -2.04. The standard InChI is InChI=1S/C21H28N2O3/c24-20(8-5-16-3-1-2-4-16)22-10-12-23(13-11-22)21(25)18-6-7-19-17(15-18)9-14-26-19/h6-7,15-16H,1-5,8-14H2. The molecule has 5 heteroatoms. The number of nitrogens with zero attached hydrogens (tertiary/aromatic N) is 2. The second-order valence-corrected chi connectivity index (χ2v) is 7.78. The fourth-order valence-electron chi connectivity index (χ4n) is 4.45. The van der Waals surface area contributed by atoms with Crippen LogP contribution in [0.3, 0.4) is 0 Å². The third kappa shape index (κ3) is 3.71. The van der Waals surface area contributed by atoms with E-state index in [1.54, 1.807) is 0 Å². The molecule has 2 fully saturated rings. The maximum absolute atomic E-state index is 12.8. The molecular formula is C21H28N2O3. The number of ether oxygens (including phenoxy) is 1. The van der Waals surface area contributed by atoms with Crippen molar-refractivity contribution in [2.24, 2.45) is 5.92 Å². The largest absolute Gasteiger partial charge is 0.493 e. The molecule has 1 saturated carbocycles. The molecule has 3 aliphatic rings. The van der Waals surface area contributed by atoms with Crippen LogP contribution in [0.4, 0.5) is 0 Å². The van der Waals surface area contributed by atoms with E-state index in [0.717, 1.165) is 35.6 Å². The molecule has 1 aromatic carbocycles. The zero-order chi connectivity index (χ0) is 17.9. The van der Waals surface area contributed by atoms with Gasteiger partial charge in [-0.15, -0.1) is 0 Å². The maximum Gasteiger partial charge on any atom is 0.253 e. The number of carbonyl (C=O) groups excluding carboxylic acids is 2. The average molecular weight is 356 g/mol. The minimum absolute atomic E-state index is 0.0674. The Morgan fingerprint density at radius 3 is 2.54 bits per heavy atom. The summed E-state index contributed by atoms with van der Waals surface area (Å²) >= 11 is 0. The number of rotatable bonds is 4. The van der Waals surface area contributed by atoms with Crippen LogP contribution in [0.15, 0.2) is 18.2 Å². The van der Waals surface area contributed by atoms with Crippen LogP contribution in [0.1, 0.15) is 54.4 Å². The monoisotopic (exact) mass is 356 g/mol. The fraction of sp³-hybridized carbons (Fsp3) is 0.619. The molecule has 26 heavy (non-hydrogen) atoms. The lowest BCUT2D eigenvalue weighted by Gasteiger charge is -2.35. The molecule has 1 aromatic rings. The molecule has 0 aromatic heterocycles. The summed E-state index contributed by atoms with van der Waals surface area (Å²) in [5, 5.41) is 0. The Morgan fingerprint density at radius 1 is 1.04 bits per heavy atom. The van der Waals surface area contributed by atoms with Crippen molar-refractivity contribution in [2.75, 3.05) is 32.8 Å². The van der Waals surface area contributed by atoms with E-state index < -0.39 is 0 Å². The highest BCUT2D eigenvalue weighted by molar-refractivity contribution is 5.95. The number of piperazine rings is 1. The Balaban J connectivity index is 1.27. The van der Waals surface area contributed by atoms with E-state index in [2.05, 4.69) is 0 Å². The van der Waals surface area contributed by atoms with Crippen LogP contribution < -0.4 is 4.74 Å². The molecule has 1 saturated heterocycles. The molecule has 4 rings (SSSR count). The van der Waals surface area contributed by atoms with Crippen LogP contribution >= 0.6 is 0 Å². The predicted octanol–water partition coefficient (Wildman–Crippen LogP) is 2.88. The molecule has 5 nitrogen and oxygen atoms in total. The van der Waals surface area contributed by atoms with Crippen molar-refractivity contribution >= 4 is 11.8 Å². The molecule has 140 valence electrons. The van der Waals surface area contributed by atoms with Crippen molar-refractivity contribution in [3.8, 4) is 5.75 Å². The molecule has 0 unspecified atom stereocenters. The summed E-state index contributed by atoms with van der Waals surface area (Å²) in [4.78, 5) is 29.0. The molecule has 2 heterocycles. The highest BCUT2D eigenvalue weighted by Crippen LogP contribution is 2.29. The molecule has 1 aliphatic carbocycles. The first-order chi connectivity index (χ1) is 12.7. The molecule has 0 bridgehead atoms. The zero-order valence-corrected chi connectivity index (χ0v) is 15.4. The number of fused-ring (bicyclic) bond motifs is 1. The third-order valence-corrected chi connectivity index (χ3v) is 6.10. The number of amides is 2. The summed E-state index contributed by atoms with van der Waals surface area (Å²) in [7, 11) is 0. The van der Waals surface area contributed by atoms with E-state index in [4.69, 9.17) is 4.74 Å². The van der Waals surface area contributed by atoms with Crippen LogP contribution in [0.2, 0.25) is 0 Å². The molecule has 0 atom stereocenters. The Labute approximate surface area is 155 Å². The van der Waals surface area contributed by atoms with Gasteiger partial charge in [0.2, 0.25) is 5.91 Å². The van der Waals surface area contributed by atoms with Crippen molar-refractivity contribution in [1.82, 2.24) is 9.80 Å². The van der Waals surface area contributed by atoms with Crippen molar-refractivity contribution in [1.29, 1.82) is 0 Å². The first-order valence-electron chi connectivity index (χ1n) is 10.0. The lowest BCUT2D eigenvalue weighted by molar-refractivity contribution is -0.133. The van der Waals surface area contributed by atoms with Crippen LogP contribution in [0.25, 0.3) is 0 Å². The molecular weight excluding hydrogens is 328 g/mol. The van der Waals surface area contributed by atoms with Crippen LogP contribution in [0.5, 0.6) is 5.75 Å². The van der Waals surface area contributed by atoms with Gasteiger partial charge in [-0.3, -0.25) is 9.59 Å². The Bertz CT molecular complexity index is 674. The SMILES string of the molecule is O=C(CCC1CCCC1)N1CCN(C(=O)c2ccc3c(c2)CCO3)CC1. The van der Waals surface area contributed by atoms with E-state index >= 15 is 0 Å². The van der Waals surface area contributed by atoms with E-state index in [1.807, 2.05) is 28.0 Å². The molecule has 2 aliphatic heterocycles. The first kappa shape index (κ1) is 17.4. The second-order valence-electron chi connectivity index (χ2n) is 7.78. The zero-order valence-electron chi connectivity index (χ0n) is 15.4. The third-order valence-electron chi connectivity index (χ3n) is 6.10. The van der Waals surface area contributed by atoms with Gasteiger partial charge in [0, 0.05) is 44.6 Å². The molecule has 2 amide bonds. The summed E-state index contributed by atoms with van der Waals surface area (Å²) in [5.41, 5.74) is 1.85. The summed E-state index contributed by atoms with van der Waals surface area (Å²) in [5.74, 6) is 1.99. The maximum atomic E-state index is 12.8. The van der Waals surface area contributed by atoms with Gasteiger partial charge < -0.3 is 14.5 Å². The minimum atomic E-state index is 0.0674. The van der Waals surface area contributed by atoms with Gasteiger partial charge in [-0.2, -0.15) is 0 Å². The summed E-state index contributed by atoms with van der Waals surface area (Å²) < 4.78 is 5.51. The van der Waals surface area contributed by atoms with E-state index in [1.165, 1.54) is 25.7 Å². The van der Waals surface area contributed by atoms with E-state index in [9.17, 15) is 9.59 Å². The predicted molar refractivity (Wildman–Crippen MR) is 99.3 cm³/mol. The molecule has 0 spiro atoms. The van der Waals surface area contributed by atoms with Crippen LogP contribution in [0, 0.1) is 5.92 Å². The summed E-state index contributed by atoms with van der Waals surface area (Å²) in [6.45, 7) is 3.27. The Kier molecular flexibility index (Phi) is 5.14. The van der Waals surface area contributed by atoms with Crippen molar-refractivity contribution in [2.45, 2.75) is 44.9 Å². The number of hydrogen-bond acceptors (Lipinski definition) is 3. The van der Waals surface area contributed by atoms with Crippen molar-refractivity contribution in [3.05, 3.63) is 29.3 Å². The van der Waals surface area contributed by atoms with Crippen molar-refractivity contribution < 1.29 is 14.3 Å². The summed E-state index contributed by atoms with van der Waals surface area (Å²) in [6.07, 6.45) is 7.82. The van der Waals surface area contributed by atoms with Crippen LogP contribution in [-0.2, 0) is 11.2 Å². The lowest BCUT2D eigenvalue weighted by Crippen LogP contribution is -2.50. The van der Waals surface area contributed by atoms with Gasteiger partial charge in [0.05, 0.1) is 6.61 Å². The average Bonchev–Trinajstić information content (AvgIpc) is 3.36. The molecule has 0 N–H and O–H groups in total. The molecule has 0 radical (unpaired) electrons. The Morgan fingerprint density at radius 2 is 1.77 bits per heavy atom. The van der Waals surface area contributed by atoms with Crippen LogP contribution in [-0.4, -0.2) is 54.4 Å². The van der Waals surface area contributed by atoms with Gasteiger partial charge in [-0.1, -0.05) is 25.7 Å².